The minimum Gasteiger partial charge on any atom is -0.311 e. The Labute approximate surface area is 513 Å². The Balaban J connectivity index is 1.02. The highest BCUT2D eigenvalue weighted by Crippen LogP contribution is 2.45. The molecule has 3 aromatic heterocycles. The number of nitrogens with zero attached hydrogens (tertiary/aromatic N) is 4. The molecule has 0 N–H and O–H groups in total. The molecule has 0 atom stereocenters. The van der Waals surface area contributed by atoms with E-state index in [9.17, 15) is 0 Å². The van der Waals surface area contributed by atoms with Crippen molar-refractivity contribution in [3.05, 3.63) is 313 Å². The molecular formula is C82H60N4Si2. The van der Waals surface area contributed by atoms with Gasteiger partial charge in [0, 0.05) is 66.4 Å². The van der Waals surface area contributed by atoms with Crippen LogP contribution in [0.2, 0.25) is 0 Å². The fourth-order valence-electron chi connectivity index (χ4n) is 16.1. The van der Waals surface area contributed by atoms with Crippen molar-refractivity contribution < 1.29 is 0 Å². The number of para-hydroxylation sites is 2. The van der Waals surface area contributed by atoms with Gasteiger partial charge >= 0.3 is 0 Å². The van der Waals surface area contributed by atoms with Crippen LogP contribution in [0.4, 0.5) is 17.1 Å². The van der Waals surface area contributed by atoms with Gasteiger partial charge in [-0.3, -0.25) is 0 Å². The normalized spacial score (nSPS) is 13.8. The lowest BCUT2D eigenvalue weighted by Gasteiger charge is -2.52. The van der Waals surface area contributed by atoms with E-state index in [1.165, 1.54) is 135 Å². The Bertz CT molecular complexity index is 5030. The quantitative estimate of drug-likeness (QED) is 0.145. The molecule has 5 heterocycles. The standard InChI is InChI=1S/C82H60N4Si2/c1-53-33-39-70-64(45-53)65-46-54(2)34-40-71(65)83(70)57-37-43-74-68(49-57)69-50-58(84-72-41-35-55(3)47-66(72)67-48-56(4)36-42-73(67)84)38-44-75(69)85(74)59-51-80-82-81(52-59)88(62-25-13-7-14-26-62,63-27-15-8-16-28-63)79-32-20-18-30-77(79)86(82)76-29-17-19-31-78(76)87(80,60-21-9-5-10-22-60)61-23-11-6-12-24-61/h5-52H,1-4H3. The predicted molar refractivity (Wildman–Crippen MR) is 377 cm³/mol. The third kappa shape index (κ3) is 6.95. The number of benzene rings is 13. The van der Waals surface area contributed by atoms with Crippen LogP contribution in [0.15, 0.2) is 291 Å². The van der Waals surface area contributed by atoms with Crippen LogP contribution in [0, 0.1) is 27.7 Å². The van der Waals surface area contributed by atoms with Crippen molar-refractivity contribution in [2.45, 2.75) is 27.7 Å². The average molecular weight is 1160 g/mol. The molecule has 0 fully saturated rings. The van der Waals surface area contributed by atoms with Gasteiger partial charge in [-0.2, -0.15) is 0 Å². The zero-order chi connectivity index (χ0) is 58.6. The first-order valence-electron chi connectivity index (χ1n) is 30.8. The van der Waals surface area contributed by atoms with Gasteiger partial charge in [-0.1, -0.05) is 204 Å². The second-order valence-electron chi connectivity index (χ2n) is 24.7. The second-order valence-corrected chi connectivity index (χ2v) is 32.2. The van der Waals surface area contributed by atoms with Crippen molar-refractivity contribution in [3.8, 4) is 17.1 Å². The van der Waals surface area contributed by atoms with E-state index in [1.54, 1.807) is 0 Å². The van der Waals surface area contributed by atoms with E-state index in [2.05, 4.69) is 337 Å². The molecule has 0 aliphatic carbocycles. The van der Waals surface area contributed by atoms with Crippen LogP contribution in [-0.4, -0.2) is 29.8 Å². The molecule has 16 aromatic rings. The van der Waals surface area contributed by atoms with E-state index < -0.39 is 16.1 Å². The molecule has 2 aliphatic heterocycles. The van der Waals surface area contributed by atoms with Gasteiger partial charge in [0.05, 0.1) is 33.1 Å². The molecule has 0 saturated carbocycles. The predicted octanol–water partition coefficient (Wildman–Crippen LogP) is 15.1. The summed E-state index contributed by atoms with van der Waals surface area (Å²) < 4.78 is 7.64. The number of aromatic nitrogens is 3. The highest BCUT2D eigenvalue weighted by Gasteiger charge is 2.56. The summed E-state index contributed by atoms with van der Waals surface area (Å²) in [5.41, 5.74) is 19.4. The molecule has 6 heteroatoms. The third-order valence-electron chi connectivity index (χ3n) is 19.7. The monoisotopic (exact) mass is 1160 g/mol. The van der Waals surface area contributed by atoms with Crippen LogP contribution in [0.5, 0.6) is 0 Å². The molecule has 18 rings (SSSR count). The van der Waals surface area contributed by atoms with Crippen molar-refractivity contribution in [2.75, 3.05) is 4.90 Å². The van der Waals surface area contributed by atoms with Gasteiger partial charge in [-0.15, -0.1) is 0 Å². The number of fused-ring (bicyclic) bond motifs is 13. The molecule has 0 bridgehead atoms. The fraction of sp³-hybridized carbons (Fsp3) is 0.0488. The van der Waals surface area contributed by atoms with Crippen molar-refractivity contribution in [2.24, 2.45) is 0 Å². The molecule has 0 unspecified atom stereocenters. The Morgan fingerprint density at radius 1 is 0.227 bits per heavy atom. The van der Waals surface area contributed by atoms with Gasteiger partial charge < -0.3 is 18.6 Å². The molecule has 13 aromatic carbocycles. The van der Waals surface area contributed by atoms with Crippen LogP contribution >= 0.6 is 0 Å². The van der Waals surface area contributed by atoms with E-state index in [0.717, 1.165) is 28.1 Å². The van der Waals surface area contributed by atoms with Gasteiger partial charge in [0.1, 0.15) is 0 Å². The molecule has 4 nitrogen and oxygen atoms in total. The SMILES string of the molecule is Cc1ccc2c(c1)c1cc(C)ccc1n2-c1ccc2c(c1)c1cc(-n3c4ccc(C)cc4c4cc(C)ccc43)ccc1n2-c1cc2c3c(c1)[Si](c1ccccc1)(c1ccccc1)c1ccccc1N3c1ccccc1[Si]2(c1ccccc1)c1ccccc1. The van der Waals surface area contributed by atoms with Crippen molar-refractivity contribution in [1.82, 2.24) is 13.7 Å². The number of aryl methyl sites for hydroxylation is 4. The summed E-state index contributed by atoms with van der Waals surface area (Å²) in [7, 11) is -6.49. The van der Waals surface area contributed by atoms with Gasteiger partial charge in [-0.05, 0) is 178 Å². The Morgan fingerprint density at radius 3 is 0.830 bits per heavy atom. The molecule has 88 heavy (non-hydrogen) atoms. The van der Waals surface area contributed by atoms with Crippen LogP contribution in [0.3, 0.4) is 0 Å². The van der Waals surface area contributed by atoms with Crippen LogP contribution < -0.4 is 46.4 Å². The fourth-order valence-corrected chi connectivity index (χ4v) is 26.6. The van der Waals surface area contributed by atoms with Gasteiger partial charge in [0.15, 0.2) is 16.1 Å². The first kappa shape index (κ1) is 50.8. The van der Waals surface area contributed by atoms with E-state index >= 15 is 0 Å². The lowest BCUT2D eigenvalue weighted by atomic mass is 10.1. The Kier molecular flexibility index (Phi) is 11.0. The maximum atomic E-state index is 2.68. The van der Waals surface area contributed by atoms with Crippen LogP contribution in [-0.2, 0) is 0 Å². The number of hydrogen-bond donors (Lipinski definition) is 0. The van der Waals surface area contributed by atoms with Crippen LogP contribution in [0.1, 0.15) is 22.3 Å². The molecule has 0 radical (unpaired) electrons. The smallest absolute Gasteiger partial charge is 0.184 e. The van der Waals surface area contributed by atoms with Gasteiger partial charge in [0.25, 0.3) is 0 Å². The third-order valence-corrected chi connectivity index (χ3v) is 29.3. The second kappa shape index (κ2) is 19.0. The molecule has 0 amide bonds. The average Bonchev–Trinajstić information content (AvgIpc) is 0.827. The maximum absolute atomic E-state index is 3.25. The van der Waals surface area contributed by atoms with E-state index in [0.29, 0.717) is 0 Å². The Hall–Kier alpha value is -10.5. The zero-order valence-corrected chi connectivity index (χ0v) is 51.5. The summed E-state index contributed by atoms with van der Waals surface area (Å²) >= 11 is 0. The molecule has 2 aliphatic rings. The van der Waals surface area contributed by atoms with E-state index in [-0.39, 0.29) is 0 Å². The van der Waals surface area contributed by atoms with Gasteiger partial charge in [0.2, 0.25) is 0 Å². The van der Waals surface area contributed by atoms with Gasteiger partial charge in [-0.25, -0.2) is 0 Å². The number of hydrogen-bond acceptors (Lipinski definition) is 1. The van der Waals surface area contributed by atoms with E-state index in [1.807, 2.05) is 0 Å². The minimum absolute atomic E-state index is 1.14. The highest BCUT2D eigenvalue weighted by molar-refractivity contribution is 7.24. The summed E-state index contributed by atoms with van der Waals surface area (Å²) in [5.74, 6) is 0. The summed E-state index contributed by atoms with van der Waals surface area (Å²) in [6, 6.07) is 113. The first-order chi connectivity index (χ1) is 43.3. The highest BCUT2D eigenvalue weighted by atomic mass is 28.3. The molecular weight excluding hydrogens is 1100 g/mol. The van der Waals surface area contributed by atoms with Crippen LogP contribution in [0.25, 0.3) is 82.5 Å². The summed E-state index contributed by atoms with van der Waals surface area (Å²) in [6.07, 6.45) is 0. The lowest BCUT2D eigenvalue weighted by molar-refractivity contribution is 1.16. The van der Waals surface area contributed by atoms with Crippen molar-refractivity contribution in [1.29, 1.82) is 0 Å². The minimum atomic E-state index is -3.25. The Morgan fingerprint density at radius 2 is 0.500 bits per heavy atom. The topological polar surface area (TPSA) is 18.0 Å². The van der Waals surface area contributed by atoms with Crippen molar-refractivity contribution >= 4 is 140 Å². The number of anilines is 3. The maximum Gasteiger partial charge on any atom is 0.184 e. The largest absolute Gasteiger partial charge is 0.311 e. The van der Waals surface area contributed by atoms with E-state index in [4.69, 9.17) is 0 Å². The molecule has 0 spiro atoms. The summed E-state index contributed by atoms with van der Waals surface area (Å²) in [5, 5.41) is 18.5. The summed E-state index contributed by atoms with van der Waals surface area (Å²) in [4.78, 5) is 2.68. The lowest BCUT2D eigenvalue weighted by Crippen LogP contribution is -2.82. The summed E-state index contributed by atoms with van der Waals surface area (Å²) in [6.45, 7) is 8.83. The van der Waals surface area contributed by atoms with Crippen molar-refractivity contribution in [3.63, 3.8) is 0 Å². The molecule has 416 valence electrons. The molecule has 0 saturated heterocycles. The first-order valence-corrected chi connectivity index (χ1v) is 34.8. The number of rotatable bonds is 7. The zero-order valence-electron chi connectivity index (χ0n) is 49.5.